The molecule has 0 saturated carbocycles. The van der Waals surface area contributed by atoms with E-state index in [1.54, 1.807) is 56.7 Å². The topological polar surface area (TPSA) is 68.9 Å². The van der Waals surface area contributed by atoms with Crippen LogP contribution in [0.1, 0.15) is 15.9 Å². The Hall–Kier alpha value is -3.73. The highest BCUT2D eigenvalue weighted by Crippen LogP contribution is 2.40. The summed E-state index contributed by atoms with van der Waals surface area (Å²) >= 11 is 0. The van der Waals surface area contributed by atoms with Crippen LogP contribution < -0.4 is 9.47 Å². The lowest BCUT2D eigenvalue weighted by Gasteiger charge is -2.08. The molecule has 0 aliphatic heterocycles. The molecule has 0 unspecified atom stereocenters. The number of carbonyl (C=O) groups is 1. The molecule has 0 saturated heterocycles. The summed E-state index contributed by atoms with van der Waals surface area (Å²) in [5.74, 6) is 1.17. The third kappa shape index (κ3) is 2.87. The van der Waals surface area contributed by atoms with Gasteiger partial charge in [0.25, 0.3) is 0 Å². The number of hydrogen-bond donors (Lipinski definition) is 1. The maximum atomic E-state index is 13.4. The highest BCUT2D eigenvalue weighted by molar-refractivity contribution is 6.20. The standard InChI is InChI=1S/C23H18O5/c1-26-14-11-12-16-20(13-14)28-23(17-8-4-6-10-19(17)27-2)21(16)22(25)15-7-3-5-9-18(15)24/h3-13,24H,1-2H3. The largest absolute Gasteiger partial charge is 0.507 e. The SMILES string of the molecule is COc1ccc2c(C(=O)c3ccccc3O)c(-c3ccccc3OC)oc2c1. The first-order chi connectivity index (χ1) is 13.6. The van der Waals surface area contributed by atoms with Gasteiger partial charge >= 0.3 is 0 Å². The Kier molecular flexibility index (Phi) is 4.49. The third-order valence-electron chi connectivity index (χ3n) is 4.62. The van der Waals surface area contributed by atoms with Crippen LogP contribution in [0.15, 0.2) is 71.1 Å². The van der Waals surface area contributed by atoms with Gasteiger partial charge in [0.05, 0.1) is 30.9 Å². The Morgan fingerprint density at radius 2 is 1.68 bits per heavy atom. The van der Waals surface area contributed by atoms with Crippen LogP contribution in [-0.4, -0.2) is 25.1 Å². The van der Waals surface area contributed by atoms with E-state index in [9.17, 15) is 9.90 Å². The van der Waals surface area contributed by atoms with E-state index >= 15 is 0 Å². The van der Waals surface area contributed by atoms with E-state index in [4.69, 9.17) is 13.9 Å². The van der Waals surface area contributed by atoms with Crippen molar-refractivity contribution in [3.05, 3.63) is 77.9 Å². The number of phenolic OH excluding ortho intramolecular Hbond substituents is 1. The normalized spacial score (nSPS) is 10.8. The van der Waals surface area contributed by atoms with Gasteiger partial charge in [-0.3, -0.25) is 4.79 Å². The van der Waals surface area contributed by atoms with Crippen molar-refractivity contribution >= 4 is 16.8 Å². The zero-order valence-electron chi connectivity index (χ0n) is 15.4. The highest BCUT2D eigenvalue weighted by Gasteiger charge is 2.26. The molecule has 28 heavy (non-hydrogen) atoms. The van der Waals surface area contributed by atoms with Gasteiger partial charge in [-0.25, -0.2) is 0 Å². The number of carbonyl (C=O) groups excluding carboxylic acids is 1. The lowest BCUT2D eigenvalue weighted by Crippen LogP contribution is -2.03. The van der Waals surface area contributed by atoms with Crippen molar-refractivity contribution in [2.45, 2.75) is 0 Å². The molecule has 0 bridgehead atoms. The number of hydrogen-bond acceptors (Lipinski definition) is 5. The fourth-order valence-electron chi connectivity index (χ4n) is 3.25. The molecule has 0 radical (unpaired) electrons. The number of ether oxygens (including phenoxy) is 2. The summed E-state index contributed by atoms with van der Waals surface area (Å²) in [6, 6.07) is 19.1. The van der Waals surface area contributed by atoms with Gasteiger partial charge in [0, 0.05) is 11.5 Å². The number of benzene rings is 3. The van der Waals surface area contributed by atoms with E-state index in [1.807, 2.05) is 18.2 Å². The van der Waals surface area contributed by atoms with Crippen LogP contribution in [0, 0.1) is 0 Å². The van der Waals surface area contributed by atoms with Crippen molar-refractivity contribution in [2.24, 2.45) is 0 Å². The molecular weight excluding hydrogens is 356 g/mol. The zero-order chi connectivity index (χ0) is 19.7. The van der Waals surface area contributed by atoms with Crippen LogP contribution in [0.2, 0.25) is 0 Å². The lowest BCUT2D eigenvalue weighted by atomic mass is 9.96. The maximum absolute atomic E-state index is 13.4. The van der Waals surface area contributed by atoms with Crippen LogP contribution in [0.3, 0.4) is 0 Å². The summed E-state index contributed by atoms with van der Waals surface area (Å²) in [5.41, 5.74) is 1.73. The fourth-order valence-corrected chi connectivity index (χ4v) is 3.25. The van der Waals surface area contributed by atoms with Crippen molar-refractivity contribution in [3.63, 3.8) is 0 Å². The number of fused-ring (bicyclic) bond motifs is 1. The minimum absolute atomic E-state index is 0.0821. The Labute approximate surface area is 161 Å². The van der Waals surface area contributed by atoms with E-state index in [-0.39, 0.29) is 17.1 Å². The molecule has 3 aromatic carbocycles. The van der Waals surface area contributed by atoms with Crippen molar-refractivity contribution in [2.75, 3.05) is 14.2 Å². The smallest absolute Gasteiger partial charge is 0.201 e. The summed E-state index contributed by atoms with van der Waals surface area (Å²) in [6.07, 6.45) is 0. The van der Waals surface area contributed by atoms with Crippen molar-refractivity contribution in [3.8, 4) is 28.6 Å². The molecule has 0 aliphatic rings. The van der Waals surface area contributed by atoms with Gasteiger partial charge in [-0.2, -0.15) is 0 Å². The second-order valence-electron chi connectivity index (χ2n) is 6.21. The second kappa shape index (κ2) is 7.12. The summed E-state index contributed by atoms with van der Waals surface area (Å²) in [4.78, 5) is 13.4. The molecule has 140 valence electrons. The molecule has 1 heterocycles. The Morgan fingerprint density at radius 1 is 0.929 bits per heavy atom. The predicted octanol–water partition coefficient (Wildman–Crippen LogP) is 5.05. The Morgan fingerprint density at radius 3 is 2.43 bits per heavy atom. The molecule has 5 nitrogen and oxygen atoms in total. The van der Waals surface area contributed by atoms with E-state index in [2.05, 4.69) is 0 Å². The van der Waals surface area contributed by atoms with E-state index in [1.165, 1.54) is 6.07 Å². The number of ketones is 1. The lowest BCUT2D eigenvalue weighted by molar-refractivity contribution is 0.103. The first-order valence-corrected chi connectivity index (χ1v) is 8.70. The second-order valence-corrected chi connectivity index (χ2v) is 6.21. The number of furan rings is 1. The summed E-state index contributed by atoms with van der Waals surface area (Å²) in [6.45, 7) is 0. The fraction of sp³-hybridized carbons (Fsp3) is 0.0870. The van der Waals surface area contributed by atoms with Crippen molar-refractivity contribution in [1.82, 2.24) is 0 Å². The molecule has 0 spiro atoms. The molecule has 0 fully saturated rings. The van der Waals surface area contributed by atoms with Crippen LogP contribution in [0.25, 0.3) is 22.3 Å². The van der Waals surface area contributed by atoms with Crippen molar-refractivity contribution in [1.29, 1.82) is 0 Å². The molecule has 1 N–H and O–H groups in total. The first kappa shape index (κ1) is 17.7. The quantitative estimate of drug-likeness (QED) is 0.495. The number of methoxy groups -OCH3 is 2. The Bertz CT molecular complexity index is 1170. The molecular formula is C23H18O5. The van der Waals surface area contributed by atoms with Crippen LogP contribution in [-0.2, 0) is 0 Å². The minimum atomic E-state index is -0.331. The molecule has 0 amide bonds. The van der Waals surface area contributed by atoms with Crippen LogP contribution in [0.5, 0.6) is 17.2 Å². The number of para-hydroxylation sites is 2. The monoisotopic (exact) mass is 374 g/mol. The van der Waals surface area contributed by atoms with Gasteiger partial charge in [0.15, 0.2) is 0 Å². The average Bonchev–Trinajstić information content (AvgIpc) is 3.11. The van der Waals surface area contributed by atoms with Crippen LogP contribution in [0.4, 0.5) is 0 Å². The number of aromatic hydroxyl groups is 1. The van der Waals surface area contributed by atoms with Gasteiger partial charge in [0.1, 0.15) is 28.6 Å². The van der Waals surface area contributed by atoms with E-state index in [0.717, 1.165) is 0 Å². The first-order valence-electron chi connectivity index (χ1n) is 8.70. The number of rotatable bonds is 5. The van der Waals surface area contributed by atoms with Crippen LogP contribution >= 0.6 is 0 Å². The van der Waals surface area contributed by atoms with Gasteiger partial charge < -0.3 is 19.0 Å². The highest BCUT2D eigenvalue weighted by atomic mass is 16.5. The number of phenols is 1. The maximum Gasteiger partial charge on any atom is 0.201 e. The predicted molar refractivity (Wildman–Crippen MR) is 106 cm³/mol. The molecule has 4 aromatic rings. The summed E-state index contributed by atoms with van der Waals surface area (Å²) in [5, 5.41) is 10.8. The molecule has 4 rings (SSSR count). The van der Waals surface area contributed by atoms with E-state index in [0.29, 0.717) is 39.4 Å². The van der Waals surface area contributed by atoms with Gasteiger partial charge in [-0.1, -0.05) is 24.3 Å². The molecule has 0 atom stereocenters. The van der Waals surface area contributed by atoms with Crippen molar-refractivity contribution < 1.29 is 23.8 Å². The Balaban J connectivity index is 2.03. The van der Waals surface area contributed by atoms with Gasteiger partial charge in [-0.15, -0.1) is 0 Å². The summed E-state index contributed by atoms with van der Waals surface area (Å²) in [7, 11) is 3.13. The minimum Gasteiger partial charge on any atom is -0.507 e. The van der Waals surface area contributed by atoms with E-state index < -0.39 is 0 Å². The van der Waals surface area contributed by atoms with Gasteiger partial charge in [0.2, 0.25) is 5.78 Å². The molecule has 0 aliphatic carbocycles. The molecule has 1 aromatic heterocycles. The molecule has 5 heteroatoms. The third-order valence-corrected chi connectivity index (χ3v) is 4.62. The zero-order valence-corrected chi connectivity index (χ0v) is 15.4. The van der Waals surface area contributed by atoms with Gasteiger partial charge in [-0.05, 0) is 36.4 Å². The summed E-state index contributed by atoms with van der Waals surface area (Å²) < 4.78 is 16.8. The average molecular weight is 374 g/mol.